The van der Waals surface area contributed by atoms with Gasteiger partial charge in [-0.25, -0.2) is 15.0 Å². The Balaban J connectivity index is 1.39. The van der Waals surface area contributed by atoms with Gasteiger partial charge in [-0.1, -0.05) is 0 Å². The summed E-state index contributed by atoms with van der Waals surface area (Å²) < 4.78 is 51.7. The predicted molar refractivity (Wildman–Crippen MR) is 126 cm³/mol. The van der Waals surface area contributed by atoms with Crippen molar-refractivity contribution in [2.24, 2.45) is 0 Å². The number of anilines is 4. The van der Waals surface area contributed by atoms with E-state index in [4.69, 9.17) is 9.47 Å². The van der Waals surface area contributed by atoms with E-state index in [2.05, 4.69) is 25.2 Å². The number of benzene rings is 1. The Kier molecular flexibility index (Phi) is 6.69. The monoisotopic (exact) mass is 486 g/mol. The Morgan fingerprint density at radius 3 is 2.20 bits per heavy atom. The number of ether oxygens (including phenoxy) is 2. The summed E-state index contributed by atoms with van der Waals surface area (Å²) in [5.74, 6) is 1.13. The third kappa shape index (κ3) is 5.63. The maximum absolute atomic E-state index is 13.7. The highest BCUT2D eigenvalue weighted by atomic mass is 19.4. The third-order valence-electron chi connectivity index (χ3n) is 5.91. The topological polar surface area (TPSA) is 75.6 Å². The average Bonchev–Trinajstić information content (AvgIpc) is 2.89. The fraction of sp³-hybridized carbons (Fsp3) is 0.375. The number of alkyl halides is 3. The van der Waals surface area contributed by atoms with E-state index in [0.29, 0.717) is 62.1 Å². The number of rotatable bonds is 5. The average molecular weight is 486 g/mol. The first-order chi connectivity index (χ1) is 17.0. The van der Waals surface area contributed by atoms with E-state index in [9.17, 15) is 13.2 Å². The lowest BCUT2D eigenvalue weighted by Crippen LogP contribution is -2.36. The fourth-order valence-corrected chi connectivity index (χ4v) is 4.08. The van der Waals surface area contributed by atoms with E-state index < -0.39 is 11.7 Å². The molecule has 5 rings (SSSR count). The summed E-state index contributed by atoms with van der Waals surface area (Å²) in [6, 6.07) is 9.40. The van der Waals surface area contributed by atoms with Crippen LogP contribution in [-0.2, 0) is 15.7 Å². The smallest absolute Gasteiger partial charge is 0.378 e. The number of nitrogens with zero attached hydrogens (tertiary/aromatic N) is 5. The minimum absolute atomic E-state index is 0.272. The van der Waals surface area contributed by atoms with Crippen LogP contribution in [0.5, 0.6) is 0 Å². The van der Waals surface area contributed by atoms with Gasteiger partial charge in [0.25, 0.3) is 0 Å². The predicted octanol–water partition coefficient (Wildman–Crippen LogP) is 3.97. The van der Waals surface area contributed by atoms with Gasteiger partial charge >= 0.3 is 6.18 Å². The van der Waals surface area contributed by atoms with Crippen molar-refractivity contribution in [3.63, 3.8) is 0 Å². The van der Waals surface area contributed by atoms with Crippen molar-refractivity contribution in [2.45, 2.75) is 6.18 Å². The van der Waals surface area contributed by atoms with Gasteiger partial charge in [0.1, 0.15) is 5.82 Å². The largest absolute Gasteiger partial charge is 0.416 e. The van der Waals surface area contributed by atoms with Crippen molar-refractivity contribution in [1.29, 1.82) is 0 Å². The standard InChI is InChI=1S/C24H25F3N6O2/c25-24(26,27)18-13-17(14-20(15-18)32-5-9-34-10-6-32)21-3-4-28-23(31-21)30-19-1-2-22(29-16-19)33-7-11-35-12-8-33/h1-4,13-16H,5-12H2,(H,28,30,31). The highest BCUT2D eigenvalue weighted by Crippen LogP contribution is 2.36. The molecule has 184 valence electrons. The maximum atomic E-state index is 13.7. The Labute approximate surface area is 200 Å². The van der Waals surface area contributed by atoms with Crippen LogP contribution in [0.15, 0.2) is 48.8 Å². The Bertz CT molecular complexity index is 1150. The van der Waals surface area contributed by atoms with Crippen LogP contribution in [0.25, 0.3) is 11.3 Å². The van der Waals surface area contributed by atoms with E-state index in [1.165, 1.54) is 12.3 Å². The third-order valence-corrected chi connectivity index (χ3v) is 5.91. The second-order valence-corrected chi connectivity index (χ2v) is 8.26. The fourth-order valence-electron chi connectivity index (χ4n) is 4.08. The molecular formula is C24H25F3N6O2. The van der Waals surface area contributed by atoms with E-state index in [1.54, 1.807) is 18.3 Å². The van der Waals surface area contributed by atoms with Gasteiger partial charge in [0.15, 0.2) is 0 Å². The highest BCUT2D eigenvalue weighted by Gasteiger charge is 2.32. The molecule has 0 bridgehead atoms. The zero-order valence-corrected chi connectivity index (χ0v) is 19.0. The zero-order valence-electron chi connectivity index (χ0n) is 19.0. The summed E-state index contributed by atoms with van der Waals surface area (Å²) in [5, 5.41) is 3.09. The molecule has 0 atom stereocenters. The normalized spacial score (nSPS) is 16.9. The molecule has 2 aliphatic rings. The lowest BCUT2D eigenvalue weighted by molar-refractivity contribution is -0.137. The molecule has 11 heteroatoms. The van der Waals surface area contributed by atoms with E-state index in [0.717, 1.165) is 25.0 Å². The van der Waals surface area contributed by atoms with Crippen LogP contribution in [0.3, 0.4) is 0 Å². The number of nitrogens with one attached hydrogen (secondary N) is 1. The number of hydrogen-bond donors (Lipinski definition) is 1. The number of pyridine rings is 1. The lowest BCUT2D eigenvalue weighted by atomic mass is 10.0. The summed E-state index contributed by atoms with van der Waals surface area (Å²) in [6.07, 6.45) is -1.27. The van der Waals surface area contributed by atoms with Gasteiger partial charge in [0.05, 0.1) is 49.6 Å². The molecule has 1 aromatic carbocycles. The molecule has 0 spiro atoms. The molecular weight excluding hydrogens is 461 g/mol. The van der Waals surface area contributed by atoms with Crippen molar-refractivity contribution in [2.75, 3.05) is 67.7 Å². The molecule has 0 aliphatic carbocycles. The summed E-state index contributed by atoms with van der Waals surface area (Å²) in [4.78, 5) is 17.2. The molecule has 2 fully saturated rings. The minimum Gasteiger partial charge on any atom is -0.378 e. The molecule has 2 saturated heterocycles. The molecule has 0 amide bonds. The van der Waals surface area contributed by atoms with Gasteiger partial charge in [0, 0.05) is 43.6 Å². The minimum atomic E-state index is -4.47. The molecule has 4 heterocycles. The van der Waals surface area contributed by atoms with Gasteiger partial charge in [0.2, 0.25) is 5.95 Å². The Morgan fingerprint density at radius 1 is 0.829 bits per heavy atom. The summed E-state index contributed by atoms with van der Waals surface area (Å²) in [6.45, 7) is 4.94. The van der Waals surface area contributed by atoms with Gasteiger partial charge in [-0.3, -0.25) is 0 Å². The van der Waals surface area contributed by atoms with E-state index in [1.807, 2.05) is 17.0 Å². The number of hydrogen-bond acceptors (Lipinski definition) is 8. The lowest BCUT2D eigenvalue weighted by Gasteiger charge is -2.29. The van der Waals surface area contributed by atoms with Crippen LogP contribution in [0, 0.1) is 0 Å². The molecule has 0 radical (unpaired) electrons. The molecule has 1 N–H and O–H groups in total. The first-order valence-electron chi connectivity index (χ1n) is 11.4. The van der Waals surface area contributed by atoms with Crippen molar-refractivity contribution in [3.05, 3.63) is 54.4 Å². The van der Waals surface area contributed by atoms with Crippen LogP contribution in [0.1, 0.15) is 5.56 Å². The molecule has 3 aromatic rings. The molecule has 0 unspecified atom stereocenters. The number of aromatic nitrogens is 3. The van der Waals surface area contributed by atoms with Crippen molar-refractivity contribution >= 4 is 23.1 Å². The molecule has 2 aliphatic heterocycles. The van der Waals surface area contributed by atoms with Gasteiger partial charge in [-0.05, 0) is 36.4 Å². The summed E-state index contributed by atoms with van der Waals surface area (Å²) >= 11 is 0. The molecule has 0 saturated carbocycles. The SMILES string of the molecule is FC(F)(F)c1cc(-c2ccnc(Nc3ccc(N4CCOCC4)nc3)n2)cc(N2CCOCC2)c1. The van der Waals surface area contributed by atoms with E-state index in [-0.39, 0.29) is 5.95 Å². The Hall–Kier alpha value is -3.44. The zero-order chi connectivity index (χ0) is 24.3. The maximum Gasteiger partial charge on any atom is 0.416 e. The van der Waals surface area contributed by atoms with Crippen LogP contribution in [-0.4, -0.2) is 67.6 Å². The molecule has 35 heavy (non-hydrogen) atoms. The van der Waals surface area contributed by atoms with Gasteiger partial charge in [-0.2, -0.15) is 13.2 Å². The van der Waals surface area contributed by atoms with E-state index >= 15 is 0 Å². The van der Waals surface area contributed by atoms with Crippen LogP contribution in [0.2, 0.25) is 0 Å². The Morgan fingerprint density at radius 2 is 1.54 bits per heavy atom. The first-order valence-corrected chi connectivity index (χ1v) is 11.4. The van der Waals surface area contributed by atoms with Gasteiger partial charge < -0.3 is 24.6 Å². The van der Waals surface area contributed by atoms with Crippen LogP contribution >= 0.6 is 0 Å². The van der Waals surface area contributed by atoms with Crippen molar-refractivity contribution in [1.82, 2.24) is 15.0 Å². The number of morpholine rings is 2. The summed E-state index contributed by atoms with van der Waals surface area (Å²) in [7, 11) is 0. The first kappa shape index (κ1) is 23.3. The van der Waals surface area contributed by atoms with Crippen LogP contribution < -0.4 is 15.1 Å². The molecule has 8 nitrogen and oxygen atoms in total. The second-order valence-electron chi connectivity index (χ2n) is 8.26. The quantitative estimate of drug-likeness (QED) is 0.581. The van der Waals surface area contributed by atoms with Crippen LogP contribution in [0.4, 0.5) is 36.3 Å². The summed E-state index contributed by atoms with van der Waals surface area (Å²) in [5.41, 5.74) is 1.22. The van der Waals surface area contributed by atoms with Gasteiger partial charge in [-0.15, -0.1) is 0 Å². The highest BCUT2D eigenvalue weighted by molar-refractivity contribution is 5.69. The number of halogens is 3. The van der Waals surface area contributed by atoms with Crippen molar-refractivity contribution < 1.29 is 22.6 Å². The van der Waals surface area contributed by atoms with Crippen molar-refractivity contribution in [3.8, 4) is 11.3 Å². The second kappa shape index (κ2) is 10.0. The molecule has 2 aromatic heterocycles.